The van der Waals surface area contributed by atoms with E-state index in [0.29, 0.717) is 6.54 Å². The number of nitrogens with one attached hydrogen (secondary N) is 2. The molecule has 0 radical (unpaired) electrons. The fraction of sp³-hybridized carbons (Fsp3) is 0.500. The summed E-state index contributed by atoms with van der Waals surface area (Å²) in [6.45, 7) is 3.02. The van der Waals surface area contributed by atoms with Gasteiger partial charge in [0, 0.05) is 13.2 Å². The fourth-order valence-electron chi connectivity index (χ4n) is 2.18. The molecule has 1 aromatic carbocycles. The minimum Gasteiger partial charge on any atom is -0.445 e. The van der Waals surface area contributed by atoms with E-state index in [9.17, 15) is 9.59 Å². The fourth-order valence-corrected chi connectivity index (χ4v) is 2.18. The first-order chi connectivity index (χ1) is 10.6. The zero-order valence-corrected chi connectivity index (χ0v) is 12.7. The van der Waals surface area contributed by atoms with Gasteiger partial charge in [-0.15, -0.1) is 0 Å². The average molecular weight is 306 g/mol. The third-order valence-corrected chi connectivity index (χ3v) is 3.47. The molecule has 0 unspecified atom stereocenters. The van der Waals surface area contributed by atoms with Gasteiger partial charge in [-0.1, -0.05) is 30.3 Å². The Bertz CT molecular complexity index is 486. The Balaban J connectivity index is 1.65. The molecule has 0 saturated carbocycles. The maximum absolute atomic E-state index is 11.9. The topological polar surface area (TPSA) is 76.7 Å². The Morgan fingerprint density at radius 2 is 2.14 bits per heavy atom. The Hall–Kier alpha value is -2.08. The normalized spacial score (nSPS) is 18.5. The van der Waals surface area contributed by atoms with Crippen molar-refractivity contribution in [3.63, 3.8) is 0 Å². The molecule has 6 heteroatoms. The van der Waals surface area contributed by atoms with Gasteiger partial charge in [-0.25, -0.2) is 4.79 Å². The van der Waals surface area contributed by atoms with E-state index in [1.165, 1.54) is 0 Å². The molecule has 2 N–H and O–H groups in total. The SMILES string of the molecule is C[C@@H](NC(=O)OCc1ccccc1)C(=O)NC[C@@H]1CCCO1. The van der Waals surface area contributed by atoms with Gasteiger partial charge < -0.3 is 20.1 Å². The number of carbonyl (C=O) groups is 2. The maximum atomic E-state index is 11.9. The lowest BCUT2D eigenvalue weighted by atomic mass is 10.2. The Kier molecular flexibility index (Phi) is 6.21. The second kappa shape index (κ2) is 8.38. The number of carbonyl (C=O) groups excluding carboxylic acids is 2. The van der Waals surface area contributed by atoms with Crippen LogP contribution in [0, 0.1) is 0 Å². The van der Waals surface area contributed by atoms with Crippen molar-refractivity contribution < 1.29 is 19.1 Å². The first kappa shape index (κ1) is 16.3. The Morgan fingerprint density at radius 3 is 2.82 bits per heavy atom. The first-order valence-corrected chi connectivity index (χ1v) is 7.51. The molecule has 2 rings (SSSR count). The van der Waals surface area contributed by atoms with Crippen LogP contribution in [-0.4, -0.2) is 37.3 Å². The van der Waals surface area contributed by atoms with Gasteiger partial charge in [0.1, 0.15) is 12.6 Å². The van der Waals surface area contributed by atoms with Crippen molar-refractivity contribution >= 4 is 12.0 Å². The van der Waals surface area contributed by atoms with Crippen LogP contribution < -0.4 is 10.6 Å². The summed E-state index contributed by atoms with van der Waals surface area (Å²) >= 11 is 0. The molecule has 0 bridgehead atoms. The molecule has 1 aromatic rings. The molecule has 2 amide bonds. The van der Waals surface area contributed by atoms with Gasteiger partial charge in [-0.3, -0.25) is 4.79 Å². The largest absolute Gasteiger partial charge is 0.445 e. The third kappa shape index (κ3) is 5.37. The summed E-state index contributed by atoms with van der Waals surface area (Å²) < 4.78 is 10.5. The first-order valence-electron chi connectivity index (χ1n) is 7.51. The smallest absolute Gasteiger partial charge is 0.408 e. The van der Waals surface area contributed by atoms with Crippen LogP contribution in [0.15, 0.2) is 30.3 Å². The maximum Gasteiger partial charge on any atom is 0.408 e. The molecule has 1 aliphatic heterocycles. The van der Waals surface area contributed by atoms with E-state index in [0.717, 1.165) is 25.0 Å². The number of ether oxygens (including phenoxy) is 2. The Morgan fingerprint density at radius 1 is 1.36 bits per heavy atom. The van der Waals surface area contributed by atoms with Crippen LogP contribution in [0.1, 0.15) is 25.3 Å². The number of alkyl carbamates (subject to hydrolysis) is 1. The van der Waals surface area contributed by atoms with Gasteiger partial charge in [0.2, 0.25) is 5.91 Å². The zero-order valence-electron chi connectivity index (χ0n) is 12.7. The lowest BCUT2D eigenvalue weighted by Crippen LogP contribution is -2.46. The van der Waals surface area contributed by atoms with Crippen molar-refractivity contribution in [2.24, 2.45) is 0 Å². The quantitative estimate of drug-likeness (QED) is 0.837. The minimum atomic E-state index is -0.648. The standard InChI is InChI=1S/C16H22N2O4/c1-12(15(19)17-10-14-8-5-9-21-14)18-16(20)22-11-13-6-3-2-4-7-13/h2-4,6-7,12,14H,5,8-11H2,1H3,(H,17,19)(H,18,20)/t12-,14+/m1/s1. The van der Waals surface area contributed by atoms with Crippen LogP contribution in [0.5, 0.6) is 0 Å². The van der Waals surface area contributed by atoms with Crippen LogP contribution in [0.4, 0.5) is 4.79 Å². The molecule has 0 aromatic heterocycles. The molecule has 6 nitrogen and oxygen atoms in total. The molecule has 1 heterocycles. The third-order valence-electron chi connectivity index (χ3n) is 3.47. The molecule has 2 atom stereocenters. The molecule has 120 valence electrons. The van der Waals surface area contributed by atoms with E-state index in [4.69, 9.17) is 9.47 Å². The summed E-state index contributed by atoms with van der Waals surface area (Å²) in [7, 11) is 0. The zero-order chi connectivity index (χ0) is 15.8. The summed E-state index contributed by atoms with van der Waals surface area (Å²) in [6, 6.07) is 8.72. The van der Waals surface area contributed by atoms with Gasteiger partial charge in [0.05, 0.1) is 6.10 Å². The van der Waals surface area contributed by atoms with E-state index in [1.54, 1.807) is 6.92 Å². The van der Waals surface area contributed by atoms with Crippen molar-refractivity contribution in [1.82, 2.24) is 10.6 Å². The van der Waals surface area contributed by atoms with Gasteiger partial charge >= 0.3 is 6.09 Å². The van der Waals surface area contributed by atoms with Gasteiger partial charge in [0.15, 0.2) is 0 Å². The second-order valence-corrected chi connectivity index (χ2v) is 5.31. The average Bonchev–Trinajstić information content (AvgIpc) is 3.05. The predicted molar refractivity (Wildman–Crippen MR) is 81.2 cm³/mol. The highest BCUT2D eigenvalue weighted by Crippen LogP contribution is 2.10. The van der Waals surface area contributed by atoms with Crippen LogP contribution >= 0.6 is 0 Å². The monoisotopic (exact) mass is 306 g/mol. The summed E-state index contributed by atoms with van der Waals surface area (Å²) in [6.07, 6.45) is 1.46. The van der Waals surface area contributed by atoms with E-state index < -0.39 is 12.1 Å². The van der Waals surface area contributed by atoms with Crippen molar-refractivity contribution in [2.45, 2.75) is 38.5 Å². The number of hydrogen-bond acceptors (Lipinski definition) is 4. The molecule has 0 spiro atoms. The van der Waals surface area contributed by atoms with Crippen LogP contribution in [-0.2, 0) is 20.9 Å². The molecule has 22 heavy (non-hydrogen) atoms. The van der Waals surface area contributed by atoms with Crippen molar-refractivity contribution in [3.8, 4) is 0 Å². The van der Waals surface area contributed by atoms with Crippen LogP contribution in [0.25, 0.3) is 0 Å². The molecule has 1 aliphatic rings. The van der Waals surface area contributed by atoms with Crippen molar-refractivity contribution in [3.05, 3.63) is 35.9 Å². The van der Waals surface area contributed by atoms with E-state index in [-0.39, 0.29) is 18.6 Å². The van der Waals surface area contributed by atoms with Gasteiger partial charge in [-0.2, -0.15) is 0 Å². The molecule has 0 aliphatic carbocycles. The molecular formula is C16H22N2O4. The number of amides is 2. The van der Waals surface area contributed by atoms with Gasteiger partial charge in [0.25, 0.3) is 0 Å². The second-order valence-electron chi connectivity index (χ2n) is 5.31. The van der Waals surface area contributed by atoms with E-state index >= 15 is 0 Å². The highest BCUT2D eigenvalue weighted by Gasteiger charge is 2.20. The van der Waals surface area contributed by atoms with E-state index in [1.807, 2.05) is 30.3 Å². The number of hydrogen-bond donors (Lipinski definition) is 2. The Labute approximate surface area is 130 Å². The summed E-state index contributed by atoms with van der Waals surface area (Å²) in [4.78, 5) is 23.5. The molecule has 1 saturated heterocycles. The lowest BCUT2D eigenvalue weighted by molar-refractivity contribution is -0.123. The summed E-state index contributed by atoms with van der Waals surface area (Å²) in [5.74, 6) is -0.243. The minimum absolute atomic E-state index is 0.0844. The van der Waals surface area contributed by atoms with Crippen molar-refractivity contribution in [1.29, 1.82) is 0 Å². The van der Waals surface area contributed by atoms with Crippen molar-refractivity contribution in [2.75, 3.05) is 13.2 Å². The van der Waals surface area contributed by atoms with Gasteiger partial charge in [-0.05, 0) is 25.3 Å². The summed E-state index contributed by atoms with van der Waals surface area (Å²) in [5, 5.41) is 5.28. The van der Waals surface area contributed by atoms with Crippen LogP contribution in [0.3, 0.4) is 0 Å². The van der Waals surface area contributed by atoms with E-state index in [2.05, 4.69) is 10.6 Å². The molecular weight excluding hydrogens is 284 g/mol. The number of benzene rings is 1. The highest BCUT2D eigenvalue weighted by atomic mass is 16.5. The summed E-state index contributed by atoms with van der Waals surface area (Å²) in [5.41, 5.74) is 0.896. The lowest BCUT2D eigenvalue weighted by Gasteiger charge is -2.16. The predicted octanol–water partition coefficient (Wildman–Crippen LogP) is 1.60. The van der Waals surface area contributed by atoms with Crippen LogP contribution in [0.2, 0.25) is 0 Å². The number of rotatable bonds is 6. The highest BCUT2D eigenvalue weighted by molar-refractivity contribution is 5.85. The molecule has 1 fully saturated rings.